The van der Waals surface area contributed by atoms with Crippen LogP contribution >= 0.6 is 11.6 Å². The molecule has 0 radical (unpaired) electrons. The summed E-state index contributed by atoms with van der Waals surface area (Å²) in [5.74, 6) is -0.369. The van der Waals surface area contributed by atoms with E-state index in [0.29, 0.717) is 18.1 Å². The van der Waals surface area contributed by atoms with Crippen LogP contribution in [0.5, 0.6) is 0 Å². The van der Waals surface area contributed by atoms with Crippen LogP contribution in [0.2, 0.25) is 5.02 Å². The van der Waals surface area contributed by atoms with Crippen LogP contribution in [-0.2, 0) is 16.1 Å². The Balaban J connectivity index is 2.47. The summed E-state index contributed by atoms with van der Waals surface area (Å²) in [7, 11) is 0. The van der Waals surface area contributed by atoms with Gasteiger partial charge in [0.1, 0.15) is 0 Å². The maximum atomic E-state index is 11.9. The zero-order chi connectivity index (χ0) is 16.4. The van der Waals surface area contributed by atoms with Gasteiger partial charge >= 0.3 is 0 Å². The summed E-state index contributed by atoms with van der Waals surface area (Å²) >= 11 is 5.81. The van der Waals surface area contributed by atoms with Gasteiger partial charge in [0.15, 0.2) is 0 Å². The Morgan fingerprint density at radius 3 is 2.50 bits per heavy atom. The lowest BCUT2D eigenvalue weighted by Gasteiger charge is -2.18. The number of halogens is 1. The molecule has 0 atom stereocenters. The fourth-order valence-corrected chi connectivity index (χ4v) is 1.86. The molecule has 1 N–H and O–H groups in total. The van der Waals surface area contributed by atoms with Gasteiger partial charge in [-0.3, -0.25) is 9.59 Å². The number of carbonyl (C=O) groups excluding carboxylic acids is 2. The standard InChI is InChI=1S/C17H21ClN2O2/c1-3-5-6-7-17(22)20(4-2)13-16(21)19-12-14-8-10-15(18)11-9-14/h3,5-11H,4,12-13H2,1-2H3,(H,19,21). The first-order valence-corrected chi connectivity index (χ1v) is 7.54. The van der Waals surface area contributed by atoms with Crippen molar-refractivity contribution in [1.82, 2.24) is 10.2 Å². The monoisotopic (exact) mass is 320 g/mol. The third-order valence-electron chi connectivity index (χ3n) is 2.97. The molecule has 0 saturated carbocycles. The highest BCUT2D eigenvalue weighted by atomic mass is 35.5. The molecule has 1 rings (SSSR count). The number of benzene rings is 1. The molecule has 0 aliphatic rings. The maximum absolute atomic E-state index is 11.9. The minimum Gasteiger partial charge on any atom is -0.350 e. The number of hydrogen-bond donors (Lipinski definition) is 1. The van der Waals surface area contributed by atoms with Crippen molar-refractivity contribution in [2.45, 2.75) is 20.4 Å². The van der Waals surface area contributed by atoms with Crippen molar-refractivity contribution in [3.05, 3.63) is 59.2 Å². The van der Waals surface area contributed by atoms with Crippen molar-refractivity contribution in [1.29, 1.82) is 0 Å². The topological polar surface area (TPSA) is 49.4 Å². The number of nitrogens with zero attached hydrogens (tertiary/aromatic N) is 1. The van der Waals surface area contributed by atoms with Gasteiger partial charge in [0.2, 0.25) is 11.8 Å². The Kier molecular flexibility index (Phi) is 8.00. The number of rotatable bonds is 7. The minimum absolute atomic E-state index is 0.0447. The largest absolute Gasteiger partial charge is 0.350 e. The molecule has 0 spiro atoms. The van der Waals surface area contributed by atoms with Gasteiger partial charge in [-0.05, 0) is 31.5 Å². The smallest absolute Gasteiger partial charge is 0.247 e. The summed E-state index contributed by atoms with van der Waals surface area (Å²) < 4.78 is 0. The van der Waals surface area contributed by atoms with E-state index in [2.05, 4.69) is 5.32 Å². The van der Waals surface area contributed by atoms with Gasteiger partial charge < -0.3 is 10.2 Å². The fraction of sp³-hybridized carbons (Fsp3) is 0.294. The maximum Gasteiger partial charge on any atom is 0.247 e. The molecule has 0 aliphatic heterocycles. The molecular weight excluding hydrogens is 300 g/mol. The van der Waals surface area contributed by atoms with Crippen molar-refractivity contribution >= 4 is 23.4 Å². The Bertz CT molecular complexity index is 550. The molecular formula is C17H21ClN2O2. The van der Waals surface area contributed by atoms with Crippen molar-refractivity contribution in [3.63, 3.8) is 0 Å². The average Bonchev–Trinajstić information content (AvgIpc) is 2.52. The number of allylic oxidation sites excluding steroid dienone is 3. The van der Waals surface area contributed by atoms with Gasteiger partial charge in [0.25, 0.3) is 0 Å². The van der Waals surface area contributed by atoms with Crippen molar-refractivity contribution in [3.8, 4) is 0 Å². The molecule has 118 valence electrons. The number of carbonyl (C=O) groups is 2. The first-order valence-electron chi connectivity index (χ1n) is 7.16. The molecule has 0 bridgehead atoms. The molecule has 0 heterocycles. The van der Waals surface area contributed by atoms with Gasteiger partial charge in [-0.1, -0.05) is 42.0 Å². The summed E-state index contributed by atoms with van der Waals surface area (Å²) in [5.41, 5.74) is 0.958. The second-order valence-electron chi connectivity index (χ2n) is 4.64. The second kappa shape index (κ2) is 9.79. The van der Waals surface area contributed by atoms with Crippen LogP contribution < -0.4 is 5.32 Å². The molecule has 2 amide bonds. The first kappa shape index (κ1) is 18.0. The lowest BCUT2D eigenvalue weighted by atomic mass is 10.2. The molecule has 0 fully saturated rings. The highest BCUT2D eigenvalue weighted by Gasteiger charge is 2.12. The van der Waals surface area contributed by atoms with Crippen molar-refractivity contribution < 1.29 is 9.59 Å². The second-order valence-corrected chi connectivity index (χ2v) is 5.08. The zero-order valence-electron chi connectivity index (χ0n) is 12.9. The molecule has 0 unspecified atom stereocenters. The third kappa shape index (κ3) is 6.59. The predicted octanol–water partition coefficient (Wildman–Crippen LogP) is 2.94. The van der Waals surface area contributed by atoms with Crippen LogP contribution in [0.15, 0.2) is 48.6 Å². The molecule has 1 aromatic rings. The predicted molar refractivity (Wildman–Crippen MR) is 89.5 cm³/mol. The quantitative estimate of drug-likeness (QED) is 0.620. The van der Waals surface area contributed by atoms with E-state index in [1.54, 1.807) is 24.3 Å². The molecule has 0 saturated heterocycles. The average molecular weight is 321 g/mol. The Morgan fingerprint density at radius 1 is 1.23 bits per heavy atom. The van der Waals surface area contributed by atoms with E-state index in [-0.39, 0.29) is 18.4 Å². The van der Waals surface area contributed by atoms with E-state index < -0.39 is 0 Å². The lowest BCUT2D eigenvalue weighted by Crippen LogP contribution is -2.39. The Morgan fingerprint density at radius 2 is 1.91 bits per heavy atom. The van der Waals surface area contributed by atoms with Crippen LogP contribution in [0.25, 0.3) is 0 Å². The van der Waals surface area contributed by atoms with Gasteiger partial charge in [-0.25, -0.2) is 0 Å². The normalized spacial score (nSPS) is 11.0. The van der Waals surface area contributed by atoms with Crippen LogP contribution in [0.3, 0.4) is 0 Å². The van der Waals surface area contributed by atoms with Crippen LogP contribution in [0, 0.1) is 0 Å². The molecule has 0 aromatic heterocycles. The van der Waals surface area contributed by atoms with Crippen LogP contribution in [0.4, 0.5) is 0 Å². The first-order chi connectivity index (χ1) is 10.6. The zero-order valence-corrected chi connectivity index (χ0v) is 13.6. The summed E-state index contributed by atoms with van der Waals surface area (Å²) in [6.07, 6.45) is 6.72. The van der Waals surface area contributed by atoms with Crippen LogP contribution in [0.1, 0.15) is 19.4 Å². The van der Waals surface area contributed by atoms with Gasteiger partial charge in [-0.2, -0.15) is 0 Å². The van der Waals surface area contributed by atoms with Crippen LogP contribution in [-0.4, -0.2) is 29.8 Å². The summed E-state index contributed by atoms with van der Waals surface area (Å²) in [4.78, 5) is 25.3. The summed E-state index contributed by atoms with van der Waals surface area (Å²) in [5, 5.41) is 3.45. The summed E-state index contributed by atoms with van der Waals surface area (Å²) in [6.45, 7) is 4.65. The SMILES string of the molecule is CC=CC=CC(=O)N(CC)CC(=O)NCc1ccc(Cl)cc1. The van der Waals surface area contributed by atoms with E-state index in [0.717, 1.165) is 5.56 Å². The van der Waals surface area contributed by atoms with E-state index in [4.69, 9.17) is 11.6 Å². The molecule has 1 aromatic carbocycles. The van der Waals surface area contributed by atoms with Gasteiger partial charge in [0.05, 0.1) is 6.54 Å². The number of hydrogen-bond acceptors (Lipinski definition) is 2. The van der Waals surface area contributed by atoms with E-state index in [1.807, 2.05) is 32.1 Å². The fourth-order valence-electron chi connectivity index (χ4n) is 1.73. The number of likely N-dealkylation sites (N-methyl/N-ethyl adjacent to an activating group) is 1. The van der Waals surface area contributed by atoms with Crippen molar-refractivity contribution in [2.24, 2.45) is 0 Å². The number of nitrogens with one attached hydrogen (secondary N) is 1. The number of amides is 2. The van der Waals surface area contributed by atoms with Crippen molar-refractivity contribution in [2.75, 3.05) is 13.1 Å². The van der Waals surface area contributed by atoms with E-state index in [1.165, 1.54) is 11.0 Å². The molecule has 5 heteroatoms. The molecule has 22 heavy (non-hydrogen) atoms. The van der Waals surface area contributed by atoms with E-state index in [9.17, 15) is 9.59 Å². The highest BCUT2D eigenvalue weighted by molar-refractivity contribution is 6.30. The van der Waals surface area contributed by atoms with Gasteiger partial charge in [-0.15, -0.1) is 0 Å². The third-order valence-corrected chi connectivity index (χ3v) is 3.23. The Hall–Kier alpha value is -2.07. The lowest BCUT2D eigenvalue weighted by molar-refractivity contribution is -0.132. The summed E-state index contributed by atoms with van der Waals surface area (Å²) in [6, 6.07) is 7.25. The molecule has 4 nitrogen and oxygen atoms in total. The minimum atomic E-state index is -0.190. The van der Waals surface area contributed by atoms with E-state index >= 15 is 0 Å². The Labute approximate surface area is 136 Å². The van der Waals surface area contributed by atoms with Gasteiger partial charge in [0, 0.05) is 24.2 Å². The highest BCUT2D eigenvalue weighted by Crippen LogP contribution is 2.09. The molecule has 0 aliphatic carbocycles.